The fourth-order valence-corrected chi connectivity index (χ4v) is 5.66. The minimum atomic E-state index is -4.40. The minimum absolute atomic E-state index is 0.0213. The number of hydrogen-bond donors (Lipinski definition) is 2. The van der Waals surface area contributed by atoms with Crippen molar-refractivity contribution >= 4 is 50.2 Å². The van der Waals surface area contributed by atoms with Gasteiger partial charge < -0.3 is 15.6 Å². The van der Waals surface area contributed by atoms with E-state index in [1.54, 1.807) is 51.1 Å². The number of phenols is 1. The molecule has 43 heavy (non-hydrogen) atoms. The number of anilines is 3. The Morgan fingerprint density at radius 2 is 1.65 bits per heavy atom. The number of nitrogen functional groups attached to an aromatic ring is 1. The maximum absolute atomic E-state index is 14.0. The minimum Gasteiger partial charge on any atom is -0.505 e. The van der Waals surface area contributed by atoms with E-state index in [0.717, 1.165) is 4.31 Å². The molecule has 0 radical (unpaired) electrons. The highest BCUT2D eigenvalue weighted by molar-refractivity contribution is 7.93. The number of carbonyl (C=O) groups excluding carboxylic acids is 2. The first-order chi connectivity index (χ1) is 20.5. The number of sulfonamides is 1. The molecule has 3 N–H and O–H groups in total. The standard InChI is InChI=1S/C31H31N5O6S/c1-5-27(37)24-18-22(11-14-28(24)42-4)35-34-21-9-12-23(13-10-21)43(40,41)36(29-8-6-7-15-33-29)26-17-20(32)16-25(31(26)39)30(38)19(2)3/h6-19,39H,5,32H2,1-4H3. The Morgan fingerprint density at radius 3 is 2.26 bits per heavy atom. The van der Waals surface area contributed by atoms with Gasteiger partial charge in [-0.2, -0.15) is 10.2 Å². The molecule has 0 bridgehead atoms. The number of ketones is 2. The number of carbonyl (C=O) groups is 2. The Kier molecular flexibility index (Phi) is 9.20. The zero-order valence-corrected chi connectivity index (χ0v) is 24.9. The van der Waals surface area contributed by atoms with Gasteiger partial charge in [-0.1, -0.05) is 26.8 Å². The van der Waals surface area contributed by atoms with Gasteiger partial charge in [-0.15, -0.1) is 0 Å². The largest absolute Gasteiger partial charge is 0.505 e. The van der Waals surface area contributed by atoms with Crippen molar-refractivity contribution in [3.63, 3.8) is 0 Å². The van der Waals surface area contributed by atoms with Crippen LogP contribution in [-0.4, -0.2) is 37.2 Å². The zero-order chi connectivity index (χ0) is 31.3. The van der Waals surface area contributed by atoms with Crippen molar-refractivity contribution in [2.75, 3.05) is 17.1 Å². The first kappa shape index (κ1) is 30.8. The number of aromatic nitrogens is 1. The molecule has 0 aliphatic carbocycles. The number of hydrogen-bond acceptors (Lipinski definition) is 10. The molecule has 222 valence electrons. The number of phenolic OH excluding ortho intramolecular Hbond substituents is 1. The van der Waals surface area contributed by atoms with Crippen molar-refractivity contribution in [3.8, 4) is 11.5 Å². The first-order valence-corrected chi connectivity index (χ1v) is 14.8. The van der Waals surface area contributed by atoms with Crippen molar-refractivity contribution in [3.05, 3.63) is 90.1 Å². The third kappa shape index (κ3) is 6.54. The predicted octanol–water partition coefficient (Wildman–Crippen LogP) is 6.75. The summed E-state index contributed by atoms with van der Waals surface area (Å²) in [6, 6.07) is 17.7. The molecule has 0 aliphatic rings. The number of pyridine rings is 1. The quantitative estimate of drug-likeness (QED) is 0.0824. The molecule has 4 aromatic rings. The van der Waals surface area contributed by atoms with E-state index in [1.165, 1.54) is 55.8 Å². The molecule has 3 aromatic carbocycles. The smallest absolute Gasteiger partial charge is 0.270 e. The van der Waals surface area contributed by atoms with Crippen molar-refractivity contribution in [1.29, 1.82) is 0 Å². The number of nitrogens with two attached hydrogens (primary N) is 1. The van der Waals surface area contributed by atoms with Crippen LogP contribution in [0.3, 0.4) is 0 Å². The molecule has 0 aliphatic heterocycles. The molecule has 0 saturated heterocycles. The normalized spacial score (nSPS) is 11.6. The monoisotopic (exact) mass is 601 g/mol. The number of methoxy groups -OCH3 is 1. The molecule has 1 aromatic heterocycles. The maximum atomic E-state index is 14.0. The fourth-order valence-electron chi connectivity index (χ4n) is 4.22. The summed E-state index contributed by atoms with van der Waals surface area (Å²) < 4.78 is 34.2. The van der Waals surface area contributed by atoms with Crippen LogP contribution in [0.5, 0.6) is 11.5 Å². The Morgan fingerprint density at radius 1 is 0.977 bits per heavy atom. The average molecular weight is 602 g/mol. The van der Waals surface area contributed by atoms with E-state index in [-0.39, 0.29) is 33.4 Å². The summed E-state index contributed by atoms with van der Waals surface area (Å²) in [5.41, 5.74) is 6.99. The van der Waals surface area contributed by atoms with E-state index >= 15 is 0 Å². The molecule has 0 spiro atoms. The fraction of sp³-hybridized carbons (Fsp3) is 0.194. The summed E-state index contributed by atoms with van der Waals surface area (Å²) in [6.45, 7) is 5.07. The van der Waals surface area contributed by atoms with Crippen molar-refractivity contribution in [1.82, 2.24) is 4.98 Å². The summed E-state index contributed by atoms with van der Waals surface area (Å²) in [5.74, 6) is -1.10. The lowest BCUT2D eigenvalue weighted by atomic mass is 9.99. The van der Waals surface area contributed by atoms with Crippen LogP contribution in [0.25, 0.3) is 0 Å². The van der Waals surface area contributed by atoms with Gasteiger partial charge in [0, 0.05) is 24.2 Å². The van der Waals surface area contributed by atoms with Gasteiger partial charge in [0.05, 0.1) is 34.5 Å². The lowest BCUT2D eigenvalue weighted by Gasteiger charge is -2.25. The van der Waals surface area contributed by atoms with Crippen LogP contribution in [0.15, 0.2) is 94.1 Å². The van der Waals surface area contributed by atoms with Crippen molar-refractivity contribution in [2.24, 2.45) is 16.1 Å². The Hall–Kier alpha value is -5.10. The summed E-state index contributed by atoms with van der Waals surface area (Å²) in [5, 5.41) is 19.5. The molecular weight excluding hydrogens is 570 g/mol. The molecule has 0 amide bonds. The predicted molar refractivity (Wildman–Crippen MR) is 163 cm³/mol. The highest BCUT2D eigenvalue weighted by Gasteiger charge is 2.32. The van der Waals surface area contributed by atoms with E-state index < -0.39 is 27.5 Å². The third-order valence-corrected chi connectivity index (χ3v) is 8.17. The SMILES string of the molecule is CCC(=O)c1cc(N=Nc2ccc(S(=O)(=O)N(c3ccccn3)c3cc(N)cc(C(=O)C(C)C)c3O)cc2)ccc1OC. The zero-order valence-electron chi connectivity index (χ0n) is 24.1. The maximum Gasteiger partial charge on any atom is 0.270 e. The number of rotatable bonds is 11. The number of nitrogens with zero attached hydrogens (tertiary/aromatic N) is 4. The Balaban J connectivity index is 1.73. The van der Waals surface area contributed by atoms with E-state index in [1.807, 2.05) is 0 Å². The molecular formula is C31H31N5O6S. The number of ether oxygens (including phenoxy) is 1. The van der Waals surface area contributed by atoms with Crippen LogP contribution >= 0.6 is 0 Å². The van der Waals surface area contributed by atoms with Crippen molar-refractivity contribution in [2.45, 2.75) is 32.1 Å². The Bertz CT molecular complexity index is 1790. The topological polar surface area (TPSA) is 165 Å². The second kappa shape index (κ2) is 12.8. The van der Waals surface area contributed by atoms with Crippen LogP contribution in [0.4, 0.5) is 28.6 Å². The van der Waals surface area contributed by atoms with Gasteiger partial charge in [0.15, 0.2) is 17.3 Å². The highest BCUT2D eigenvalue weighted by Crippen LogP contribution is 2.41. The first-order valence-electron chi connectivity index (χ1n) is 13.3. The average Bonchev–Trinajstić information content (AvgIpc) is 3.01. The summed E-state index contributed by atoms with van der Waals surface area (Å²) in [7, 11) is -2.92. The molecule has 0 saturated carbocycles. The van der Waals surface area contributed by atoms with E-state index in [2.05, 4.69) is 15.2 Å². The number of Topliss-reactive ketones (excluding diaryl/α,β-unsaturated/α-hetero) is 2. The van der Waals surface area contributed by atoms with E-state index in [4.69, 9.17) is 10.5 Å². The summed E-state index contributed by atoms with van der Waals surface area (Å²) in [4.78, 5) is 29.1. The van der Waals surface area contributed by atoms with E-state index in [9.17, 15) is 23.1 Å². The van der Waals surface area contributed by atoms with Crippen molar-refractivity contribution < 1.29 is 27.9 Å². The van der Waals surface area contributed by atoms with Crippen LogP contribution in [0.2, 0.25) is 0 Å². The molecule has 0 fully saturated rings. The number of benzene rings is 3. The third-order valence-electron chi connectivity index (χ3n) is 6.44. The summed E-state index contributed by atoms with van der Waals surface area (Å²) >= 11 is 0. The molecule has 1 heterocycles. The van der Waals surface area contributed by atoms with Crippen LogP contribution in [0.1, 0.15) is 47.9 Å². The second-order valence-electron chi connectivity index (χ2n) is 9.77. The molecule has 12 heteroatoms. The van der Waals surface area contributed by atoms with Gasteiger partial charge in [-0.3, -0.25) is 9.59 Å². The lowest BCUT2D eigenvalue weighted by Crippen LogP contribution is -2.27. The van der Waals surface area contributed by atoms with Gasteiger partial charge >= 0.3 is 0 Å². The van der Waals surface area contributed by atoms with Gasteiger partial charge in [0.2, 0.25) is 0 Å². The summed E-state index contributed by atoms with van der Waals surface area (Å²) in [6.07, 6.45) is 1.70. The lowest BCUT2D eigenvalue weighted by molar-refractivity contribution is 0.0935. The van der Waals surface area contributed by atoms with Gasteiger partial charge in [0.1, 0.15) is 17.3 Å². The van der Waals surface area contributed by atoms with Gasteiger partial charge in [-0.05, 0) is 66.7 Å². The second-order valence-corrected chi connectivity index (χ2v) is 11.6. The number of azo groups is 1. The Labute approximate surface area is 249 Å². The van der Waals surface area contributed by atoms with Gasteiger partial charge in [-0.25, -0.2) is 17.7 Å². The van der Waals surface area contributed by atoms with Crippen LogP contribution in [-0.2, 0) is 10.0 Å². The molecule has 11 nitrogen and oxygen atoms in total. The molecule has 0 unspecified atom stereocenters. The van der Waals surface area contributed by atoms with Crippen LogP contribution < -0.4 is 14.8 Å². The van der Waals surface area contributed by atoms with Gasteiger partial charge in [0.25, 0.3) is 10.0 Å². The molecule has 4 rings (SSSR count). The van der Waals surface area contributed by atoms with E-state index in [0.29, 0.717) is 29.1 Å². The van der Waals surface area contributed by atoms with Crippen LogP contribution in [0, 0.1) is 5.92 Å². The number of aromatic hydroxyl groups is 1. The highest BCUT2D eigenvalue weighted by atomic mass is 32.2. The molecule has 0 atom stereocenters.